The molecule has 5 heteroatoms. The number of aromatic nitrogens is 2. The Balaban J connectivity index is 1.87. The first-order valence-corrected chi connectivity index (χ1v) is 7.48. The van der Waals surface area contributed by atoms with E-state index in [9.17, 15) is 4.79 Å². The van der Waals surface area contributed by atoms with Crippen molar-refractivity contribution in [2.45, 2.75) is 19.9 Å². The van der Waals surface area contributed by atoms with Gasteiger partial charge in [0.1, 0.15) is 5.75 Å². The monoisotopic (exact) mass is 309 g/mol. The van der Waals surface area contributed by atoms with Crippen molar-refractivity contribution < 1.29 is 9.53 Å². The Kier molecular flexibility index (Phi) is 4.02. The maximum absolute atomic E-state index is 12.6. The Morgan fingerprint density at radius 3 is 2.83 bits per heavy atom. The zero-order valence-corrected chi connectivity index (χ0v) is 13.4. The van der Waals surface area contributed by atoms with Crippen LogP contribution in [-0.2, 0) is 0 Å². The lowest BCUT2D eigenvalue weighted by molar-refractivity contribution is 0.0936. The van der Waals surface area contributed by atoms with Crippen molar-refractivity contribution in [3.05, 3.63) is 59.3 Å². The molecule has 0 bridgehead atoms. The van der Waals surface area contributed by atoms with Crippen LogP contribution in [0.3, 0.4) is 0 Å². The molecule has 1 atom stereocenters. The summed E-state index contributed by atoms with van der Waals surface area (Å²) in [5, 5.41) is 10.9. The number of amides is 1. The molecule has 118 valence electrons. The van der Waals surface area contributed by atoms with E-state index in [1.165, 1.54) is 0 Å². The molecule has 0 radical (unpaired) electrons. The van der Waals surface area contributed by atoms with Crippen molar-refractivity contribution in [1.82, 2.24) is 15.5 Å². The first-order chi connectivity index (χ1) is 11.1. The van der Waals surface area contributed by atoms with Crippen LogP contribution in [0.25, 0.3) is 10.9 Å². The Bertz CT molecular complexity index is 854. The number of nitrogens with zero attached hydrogens (tertiary/aromatic N) is 1. The third kappa shape index (κ3) is 2.90. The van der Waals surface area contributed by atoms with Crippen LogP contribution in [0.2, 0.25) is 0 Å². The molecule has 23 heavy (non-hydrogen) atoms. The summed E-state index contributed by atoms with van der Waals surface area (Å²) in [5.41, 5.74) is 3.28. The van der Waals surface area contributed by atoms with Crippen LogP contribution in [0, 0.1) is 6.92 Å². The van der Waals surface area contributed by atoms with Gasteiger partial charge in [0.25, 0.3) is 5.91 Å². The molecule has 0 spiro atoms. The quantitative estimate of drug-likeness (QED) is 0.776. The number of aromatic amines is 1. The number of fused-ring (bicyclic) bond motifs is 1. The Labute approximate surface area is 134 Å². The summed E-state index contributed by atoms with van der Waals surface area (Å²) >= 11 is 0. The molecular weight excluding hydrogens is 290 g/mol. The number of rotatable bonds is 4. The number of hydrogen-bond acceptors (Lipinski definition) is 3. The van der Waals surface area contributed by atoms with E-state index in [-0.39, 0.29) is 11.9 Å². The van der Waals surface area contributed by atoms with Crippen molar-refractivity contribution in [1.29, 1.82) is 0 Å². The molecule has 5 nitrogen and oxygen atoms in total. The predicted molar refractivity (Wildman–Crippen MR) is 89.7 cm³/mol. The second-order valence-corrected chi connectivity index (χ2v) is 5.56. The van der Waals surface area contributed by atoms with Crippen molar-refractivity contribution in [2.24, 2.45) is 0 Å². The van der Waals surface area contributed by atoms with Crippen molar-refractivity contribution in [2.75, 3.05) is 7.11 Å². The smallest absolute Gasteiger partial charge is 0.272 e. The third-order valence-electron chi connectivity index (χ3n) is 3.89. The van der Waals surface area contributed by atoms with Crippen molar-refractivity contribution in [3.63, 3.8) is 0 Å². The van der Waals surface area contributed by atoms with E-state index in [1.807, 2.05) is 56.3 Å². The summed E-state index contributed by atoms with van der Waals surface area (Å²) in [4.78, 5) is 12.6. The number of benzene rings is 2. The molecule has 0 aliphatic carbocycles. The maximum atomic E-state index is 12.6. The van der Waals surface area contributed by atoms with Gasteiger partial charge in [0.15, 0.2) is 5.69 Å². The predicted octanol–water partition coefficient (Wildman–Crippen LogP) is 3.37. The van der Waals surface area contributed by atoms with Gasteiger partial charge >= 0.3 is 0 Å². The molecule has 1 aromatic heterocycles. The van der Waals surface area contributed by atoms with Crippen molar-refractivity contribution >= 4 is 16.8 Å². The number of nitrogens with one attached hydrogen (secondary N) is 2. The van der Waals surface area contributed by atoms with Gasteiger partial charge in [0, 0.05) is 10.9 Å². The second kappa shape index (κ2) is 6.12. The van der Waals surface area contributed by atoms with Gasteiger partial charge in [-0.3, -0.25) is 9.89 Å². The summed E-state index contributed by atoms with van der Waals surface area (Å²) in [6.45, 7) is 3.92. The van der Waals surface area contributed by atoms with E-state index in [0.29, 0.717) is 5.69 Å². The minimum Gasteiger partial charge on any atom is -0.496 e. The molecule has 1 amide bonds. The maximum Gasteiger partial charge on any atom is 0.272 e. The number of methoxy groups -OCH3 is 1. The largest absolute Gasteiger partial charge is 0.496 e. The highest BCUT2D eigenvalue weighted by Gasteiger charge is 2.18. The molecule has 0 aliphatic rings. The SMILES string of the molecule is COc1ccccc1C(C)NC(=O)c1n[nH]c2ccc(C)cc12. The number of para-hydroxylation sites is 1. The fourth-order valence-electron chi connectivity index (χ4n) is 2.67. The summed E-state index contributed by atoms with van der Waals surface area (Å²) < 4.78 is 5.35. The zero-order valence-electron chi connectivity index (χ0n) is 13.4. The lowest BCUT2D eigenvalue weighted by Gasteiger charge is -2.16. The first-order valence-electron chi connectivity index (χ1n) is 7.48. The van der Waals surface area contributed by atoms with Gasteiger partial charge in [-0.2, -0.15) is 5.10 Å². The summed E-state index contributed by atoms with van der Waals surface area (Å²) in [7, 11) is 1.62. The van der Waals surface area contributed by atoms with E-state index in [4.69, 9.17) is 4.74 Å². The van der Waals surface area contributed by atoms with Crippen LogP contribution in [0.5, 0.6) is 5.75 Å². The number of hydrogen-bond donors (Lipinski definition) is 2. The summed E-state index contributed by atoms with van der Waals surface area (Å²) in [6.07, 6.45) is 0. The van der Waals surface area contributed by atoms with Crippen LogP contribution in [-0.4, -0.2) is 23.2 Å². The highest BCUT2D eigenvalue weighted by molar-refractivity contribution is 6.04. The Morgan fingerprint density at radius 1 is 1.26 bits per heavy atom. The number of carbonyl (C=O) groups is 1. The average Bonchev–Trinajstić information content (AvgIpc) is 2.97. The third-order valence-corrected chi connectivity index (χ3v) is 3.89. The minimum absolute atomic E-state index is 0.185. The molecule has 0 saturated carbocycles. The number of ether oxygens (including phenoxy) is 1. The number of H-pyrrole nitrogens is 1. The van der Waals surface area contributed by atoms with Gasteiger partial charge in [-0.1, -0.05) is 29.8 Å². The molecule has 3 aromatic rings. The van der Waals surface area contributed by atoms with E-state index in [1.54, 1.807) is 7.11 Å². The van der Waals surface area contributed by atoms with E-state index in [0.717, 1.165) is 27.8 Å². The Morgan fingerprint density at radius 2 is 2.04 bits per heavy atom. The molecule has 1 heterocycles. The molecular formula is C18H19N3O2. The molecule has 0 aliphatic heterocycles. The van der Waals surface area contributed by atoms with Crippen LogP contribution in [0.4, 0.5) is 0 Å². The number of carbonyl (C=O) groups excluding carboxylic acids is 1. The lowest BCUT2D eigenvalue weighted by Crippen LogP contribution is -2.27. The molecule has 3 rings (SSSR count). The first kappa shape index (κ1) is 15.1. The van der Waals surface area contributed by atoms with Gasteiger partial charge in [-0.05, 0) is 32.0 Å². The van der Waals surface area contributed by atoms with Gasteiger partial charge < -0.3 is 10.1 Å². The van der Waals surface area contributed by atoms with Crippen LogP contribution in [0.1, 0.15) is 34.6 Å². The molecule has 0 saturated heterocycles. The molecule has 0 fully saturated rings. The summed E-state index contributed by atoms with van der Waals surface area (Å²) in [6, 6.07) is 13.3. The molecule has 2 N–H and O–H groups in total. The highest BCUT2D eigenvalue weighted by Crippen LogP contribution is 2.25. The van der Waals surface area contributed by atoms with Crippen LogP contribution in [0.15, 0.2) is 42.5 Å². The topological polar surface area (TPSA) is 67.0 Å². The van der Waals surface area contributed by atoms with Gasteiger partial charge in [0.2, 0.25) is 0 Å². The fraction of sp³-hybridized carbons (Fsp3) is 0.222. The average molecular weight is 309 g/mol. The van der Waals surface area contributed by atoms with Gasteiger partial charge in [0.05, 0.1) is 18.7 Å². The molecule has 1 unspecified atom stereocenters. The van der Waals surface area contributed by atoms with E-state index in [2.05, 4.69) is 15.5 Å². The minimum atomic E-state index is -0.208. The van der Waals surface area contributed by atoms with Crippen LogP contribution >= 0.6 is 0 Å². The van der Waals surface area contributed by atoms with Crippen LogP contribution < -0.4 is 10.1 Å². The normalized spacial score (nSPS) is 12.1. The van der Waals surface area contributed by atoms with Gasteiger partial charge in [-0.25, -0.2) is 0 Å². The van der Waals surface area contributed by atoms with E-state index >= 15 is 0 Å². The van der Waals surface area contributed by atoms with E-state index < -0.39 is 0 Å². The standard InChI is InChI=1S/C18H19N3O2/c1-11-8-9-15-14(10-11)17(21-20-15)18(22)19-12(2)13-6-4-5-7-16(13)23-3/h4-10,12H,1-3H3,(H,19,22)(H,20,21). The second-order valence-electron chi connectivity index (χ2n) is 5.56. The Hall–Kier alpha value is -2.82. The number of aryl methyl sites for hydroxylation is 1. The van der Waals surface area contributed by atoms with Gasteiger partial charge in [-0.15, -0.1) is 0 Å². The highest BCUT2D eigenvalue weighted by atomic mass is 16.5. The summed E-state index contributed by atoms with van der Waals surface area (Å²) in [5.74, 6) is 0.545. The van der Waals surface area contributed by atoms with Crippen molar-refractivity contribution in [3.8, 4) is 5.75 Å². The zero-order chi connectivity index (χ0) is 16.4. The lowest BCUT2D eigenvalue weighted by atomic mass is 10.1. The fourth-order valence-corrected chi connectivity index (χ4v) is 2.67. The molecule has 2 aromatic carbocycles.